The number of benzene rings is 1. The molecule has 0 radical (unpaired) electrons. The second-order valence-corrected chi connectivity index (χ2v) is 4.17. The molecular formula is C14H18N2O4. The molecule has 0 saturated carbocycles. The number of rotatable bonds is 9. The van der Waals surface area contributed by atoms with Crippen molar-refractivity contribution < 1.29 is 19.4 Å². The van der Waals surface area contributed by atoms with Gasteiger partial charge in [-0.3, -0.25) is 4.89 Å². The van der Waals surface area contributed by atoms with E-state index in [4.69, 9.17) is 10.6 Å². The molecule has 20 heavy (non-hydrogen) atoms. The van der Waals surface area contributed by atoms with E-state index in [1.165, 1.54) is 6.08 Å². The van der Waals surface area contributed by atoms with Gasteiger partial charge in [-0.2, -0.15) is 9.88 Å². The Morgan fingerprint density at radius 3 is 2.70 bits per heavy atom. The van der Waals surface area contributed by atoms with Gasteiger partial charge in [0, 0.05) is 0 Å². The molecular weight excluding hydrogens is 260 g/mol. The molecule has 0 bridgehead atoms. The van der Waals surface area contributed by atoms with Crippen LogP contribution in [-0.2, 0) is 26.0 Å². The minimum Gasteiger partial charge on any atom is -0.330 e. The van der Waals surface area contributed by atoms with Crippen LogP contribution in [0.25, 0.3) is 0 Å². The second kappa shape index (κ2) is 9.86. The van der Waals surface area contributed by atoms with Gasteiger partial charge in [-0.1, -0.05) is 30.3 Å². The molecule has 1 atom stereocenters. The summed E-state index contributed by atoms with van der Waals surface area (Å²) in [6.07, 6.45) is 3.19. The van der Waals surface area contributed by atoms with Crippen LogP contribution in [-0.4, -0.2) is 24.6 Å². The van der Waals surface area contributed by atoms with Gasteiger partial charge in [0.1, 0.15) is 6.61 Å². The lowest BCUT2D eigenvalue weighted by molar-refractivity contribution is -0.281. The molecule has 6 heteroatoms. The van der Waals surface area contributed by atoms with Gasteiger partial charge in [-0.15, -0.1) is 0 Å². The number of carbonyl (C=O) groups excluding carboxylic acids is 2. The predicted octanol–water partition coefficient (Wildman–Crippen LogP) is 1.49. The minimum atomic E-state index is -0.880. The molecule has 0 aliphatic rings. The molecule has 0 fully saturated rings. The first-order chi connectivity index (χ1) is 9.77. The topological polar surface area (TPSA) is 91.0 Å². The van der Waals surface area contributed by atoms with Crippen molar-refractivity contribution in [1.82, 2.24) is 0 Å². The van der Waals surface area contributed by atoms with E-state index in [-0.39, 0.29) is 6.61 Å². The average Bonchev–Trinajstić information content (AvgIpc) is 2.47. The first-order valence-corrected chi connectivity index (χ1v) is 6.42. The van der Waals surface area contributed by atoms with Crippen molar-refractivity contribution in [1.29, 1.82) is 0 Å². The number of unbranched alkanes of at least 4 members (excludes halogenated alkanes) is 1. The molecule has 0 aromatic heterocycles. The molecule has 0 heterocycles. The summed E-state index contributed by atoms with van der Waals surface area (Å²) in [4.78, 5) is 34.9. The van der Waals surface area contributed by atoms with Crippen molar-refractivity contribution >= 4 is 12.0 Å². The zero-order valence-electron chi connectivity index (χ0n) is 11.2. The number of hydrogen-bond acceptors (Lipinski definition) is 6. The van der Waals surface area contributed by atoms with E-state index in [9.17, 15) is 9.59 Å². The number of aliphatic imine (C=N–C) groups is 1. The summed E-state index contributed by atoms with van der Waals surface area (Å²) >= 11 is 0. The molecule has 0 aliphatic carbocycles. The van der Waals surface area contributed by atoms with Crippen LogP contribution in [0.4, 0.5) is 0 Å². The average molecular weight is 278 g/mol. The Morgan fingerprint density at radius 1 is 1.30 bits per heavy atom. The van der Waals surface area contributed by atoms with E-state index in [2.05, 4.69) is 9.88 Å². The fraction of sp³-hybridized carbons (Fsp3) is 0.429. The van der Waals surface area contributed by atoms with Crippen LogP contribution in [0.15, 0.2) is 35.3 Å². The van der Waals surface area contributed by atoms with E-state index in [0.717, 1.165) is 12.0 Å². The van der Waals surface area contributed by atoms with Crippen molar-refractivity contribution in [3.8, 4) is 0 Å². The standard InChI is InChI=1S/C14H18N2O4/c15-9-5-4-8-13(16-11-17)14(18)20-19-10-12-6-2-1-3-7-12/h1-3,6-7,13H,4-5,8-10,15H2/t13-/m0/s1. The van der Waals surface area contributed by atoms with Gasteiger partial charge in [-0.05, 0) is 31.4 Å². The van der Waals surface area contributed by atoms with Crippen molar-refractivity contribution in [2.24, 2.45) is 10.7 Å². The number of hydrogen-bond donors (Lipinski definition) is 1. The fourth-order valence-electron chi connectivity index (χ4n) is 1.57. The fourth-order valence-corrected chi connectivity index (χ4v) is 1.57. The van der Waals surface area contributed by atoms with Crippen LogP contribution in [0.5, 0.6) is 0 Å². The van der Waals surface area contributed by atoms with E-state index < -0.39 is 12.0 Å². The largest absolute Gasteiger partial charge is 0.367 e. The smallest absolute Gasteiger partial charge is 0.330 e. The quantitative estimate of drug-likeness (QED) is 0.243. The van der Waals surface area contributed by atoms with Gasteiger partial charge >= 0.3 is 5.97 Å². The molecule has 0 aliphatic heterocycles. The SMILES string of the molecule is NCCCC[C@H](N=C=O)C(=O)OOCc1ccccc1. The van der Waals surface area contributed by atoms with E-state index in [0.29, 0.717) is 19.4 Å². The minimum absolute atomic E-state index is 0.146. The highest BCUT2D eigenvalue weighted by molar-refractivity contribution is 5.76. The van der Waals surface area contributed by atoms with Crippen molar-refractivity contribution in [3.63, 3.8) is 0 Å². The molecule has 0 spiro atoms. The lowest BCUT2D eigenvalue weighted by atomic mass is 10.1. The summed E-state index contributed by atoms with van der Waals surface area (Å²) in [6, 6.07) is 8.39. The monoisotopic (exact) mass is 278 g/mol. The highest BCUT2D eigenvalue weighted by Gasteiger charge is 2.20. The normalized spacial score (nSPS) is 11.4. The third-order valence-corrected chi connectivity index (χ3v) is 2.62. The Morgan fingerprint density at radius 2 is 2.05 bits per heavy atom. The highest BCUT2D eigenvalue weighted by Crippen LogP contribution is 2.08. The lowest BCUT2D eigenvalue weighted by Gasteiger charge is -2.09. The first-order valence-electron chi connectivity index (χ1n) is 6.42. The maximum atomic E-state index is 11.7. The van der Waals surface area contributed by atoms with Crippen LogP contribution in [0.3, 0.4) is 0 Å². The zero-order chi connectivity index (χ0) is 14.6. The van der Waals surface area contributed by atoms with Gasteiger partial charge in [0.05, 0.1) is 0 Å². The predicted molar refractivity (Wildman–Crippen MR) is 72.1 cm³/mol. The van der Waals surface area contributed by atoms with Crippen LogP contribution in [0.1, 0.15) is 24.8 Å². The lowest BCUT2D eigenvalue weighted by Crippen LogP contribution is -2.22. The summed E-state index contributed by atoms with van der Waals surface area (Å²) in [7, 11) is 0. The van der Waals surface area contributed by atoms with E-state index in [1.54, 1.807) is 0 Å². The molecule has 0 unspecified atom stereocenters. The maximum absolute atomic E-state index is 11.7. The van der Waals surface area contributed by atoms with Gasteiger partial charge in [-0.25, -0.2) is 9.59 Å². The summed E-state index contributed by atoms with van der Waals surface area (Å²) < 4.78 is 0. The van der Waals surface area contributed by atoms with Crippen molar-refractivity contribution in [2.75, 3.05) is 6.54 Å². The molecule has 1 aromatic rings. The summed E-state index contributed by atoms with van der Waals surface area (Å²) in [5.74, 6) is -0.693. The molecule has 6 nitrogen and oxygen atoms in total. The molecule has 2 N–H and O–H groups in total. The van der Waals surface area contributed by atoms with Gasteiger partial charge in [0.25, 0.3) is 0 Å². The van der Waals surface area contributed by atoms with E-state index >= 15 is 0 Å². The third-order valence-electron chi connectivity index (χ3n) is 2.62. The van der Waals surface area contributed by atoms with Crippen LogP contribution in [0, 0.1) is 0 Å². The number of nitrogens with zero attached hydrogens (tertiary/aromatic N) is 1. The van der Waals surface area contributed by atoms with Gasteiger partial charge < -0.3 is 5.73 Å². The van der Waals surface area contributed by atoms with Gasteiger partial charge in [0.15, 0.2) is 6.04 Å². The third kappa shape index (κ3) is 6.24. The first kappa shape index (κ1) is 16.0. The molecule has 1 aromatic carbocycles. The second-order valence-electron chi connectivity index (χ2n) is 4.17. The number of carbonyl (C=O) groups is 1. The Bertz CT molecular complexity index is 444. The van der Waals surface area contributed by atoms with Crippen molar-refractivity contribution in [2.45, 2.75) is 31.9 Å². The highest BCUT2D eigenvalue weighted by atomic mass is 17.2. The van der Waals surface area contributed by atoms with Crippen LogP contribution >= 0.6 is 0 Å². The van der Waals surface area contributed by atoms with Crippen LogP contribution in [0.2, 0.25) is 0 Å². The number of isocyanates is 1. The Balaban J connectivity index is 2.36. The summed E-state index contributed by atoms with van der Waals surface area (Å²) in [5.41, 5.74) is 6.23. The van der Waals surface area contributed by atoms with Gasteiger partial charge in [0.2, 0.25) is 6.08 Å². The molecule has 0 amide bonds. The maximum Gasteiger partial charge on any atom is 0.367 e. The van der Waals surface area contributed by atoms with E-state index in [1.807, 2.05) is 30.3 Å². The molecule has 0 saturated heterocycles. The Hall–Kier alpha value is -2.01. The summed E-state index contributed by atoms with van der Waals surface area (Å²) in [6.45, 7) is 0.671. The number of nitrogens with two attached hydrogens (primary N) is 1. The summed E-state index contributed by atoms with van der Waals surface area (Å²) in [5, 5.41) is 0. The Kier molecular flexibility index (Phi) is 7.91. The zero-order valence-corrected chi connectivity index (χ0v) is 11.2. The van der Waals surface area contributed by atoms with Crippen molar-refractivity contribution in [3.05, 3.63) is 35.9 Å². The molecule has 108 valence electrons. The molecule has 1 rings (SSSR count). The Labute approximate surface area is 117 Å². The van der Waals surface area contributed by atoms with Crippen LogP contribution < -0.4 is 5.73 Å².